The van der Waals surface area contributed by atoms with Crippen LogP contribution in [0.5, 0.6) is 0 Å². The number of hydrogen-bond acceptors (Lipinski definition) is 5. The third-order valence-electron chi connectivity index (χ3n) is 4.63. The molecule has 4 aromatic rings. The first-order chi connectivity index (χ1) is 14.4. The molecule has 0 aliphatic carbocycles. The number of nitrogens with zero attached hydrogens (tertiary/aromatic N) is 6. The summed E-state index contributed by atoms with van der Waals surface area (Å²) in [6.07, 6.45) is 0. The van der Waals surface area contributed by atoms with E-state index < -0.39 is 18.5 Å². The summed E-state index contributed by atoms with van der Waals surface area (Å²) >= 11 is 0. The molecule has 1 atom stereocenters. The van der Waals surface area contributed by atoms with Gasteiger partial charge in [0.05, 0.1) is 17.1 Å². The van der Waals surface area contributed by atoms with Crippen LogP contribution in [0.15, 0.2) is 48.5 Å². The standard InChI is InChI=1S/C20H19F2N7O/c1-12-7-9-14(10-8-12)18-25-27-28(26-18)11-17(30)23-13(2)19-24-15-5-3-4-6-16(15)29(19)20(21)22/h3-10,13,20H,11H2,1-2H3,(H,23,30)/t13-/m1/s1. The van der Waals surface area contributed by atoms with E-state index in [0.717, 1.165) is 20.5 Å². The second-order valence-electron chi connectivity index (χ2n) is 6.91. The number of halogens is 2. The van der Waals surface area contributed by atoms with Gasteiger partial charge in [-0.3, -0.25) is 9.36 Å². The first kappa shape index (κ1) is 19.6. The van der Waals surface area contributed by atoms with Crippen LogP contribution in [0, 0.1) is 6.92 Å². The summed E-state index contributed by atoms with van der Waals surface area (Å²) in [6, 6.07) is 13.5. The highest BCUT2D eigenvalue weighted by Gasteiger charge is 2.23. The molecule has 10 heteroatoms. The smallest absolute Gasteiger partial charge is 0.320 e. The molecular weight excluding hydrogens is 392 g/mol. The van der Waals surface area contributed by atoms with Crippen molar-refractivity contribution in [1.82, 2.24) is 35.1 Å². The van der Waals surface area contributed by atoms with Crippen LogP contribution in [-0.2, 0) is 11.3 Å². The highest BCUT2D eigenvalue weighted by Crippen LogP contribution is 2.26. The summed E-state index contributed by atoms with van der Waals surface area (Å²) in [6.45, 7) is 0.602. The van der Waals surface area contributed by atoms with Gasteiger partial charge in [-0.05, 0) is 31.2 Å². The highest BCUT2D eigenvalue weighted by molar-refractivity contribution is 5.78. The van der Waals surface area contributed by atoms with Crippen molar-refractivity contribution >= 4 is 16.9 Å². The first-order valence-electron chi connectivity index (χ1n) is 9.31. The predicted octanol–water partition coefficient (Wildman–Crippen LogP) is 3.27. The molecule has 154 valence electrons. The summed E-state index contributed by atoms with van der Waals surface area (Å²) in [5.74, 6) is 0.0324. The molecule has 2 heterocycles. The molecular formula is C20H19F2N7O. The van der Waals surface area contributed by atoms with Crippen molar-refractivity contribution in [2.75, 3.05) is 0 Å². The minimum atomic E-state index is -2.78. The van der Waals surface area contributed by atoms with Crippen molar-refractivity contribution in [3.63, 3.8) is 0 Å². The van der Waals surface area contributed by atoms with E-state index in [-0.39, 0.29) is 12.4 Å². The van der Waals surface area contributed by atoms with Gasteiger partial charge >= 0.3 is 6.55 Å². The zero-order chi connectivity index (χ0) is 21.3. The topological polar surface area (TPSA) is 90.5 Å². The van der Waals surface area contributed by atoms with Gasteiger partial charge in [-0.1, -0.05) is 42.0 Å². The molecule has 4 rings (SSSR count). The number of aromatic nitrogens is 6. The Bertz CT molecular complexity index is 1180. The zero-order valence-corrected chi connectivity index (χ0v) is 16.3. The maximum Gasteiger partial charge on any atom is 0.320 e. The van der Waals surface area contributed by atoms with E-state index >= 15 is 0 Å². The van der Waals surface area contributed by atoms with E-state index in [0.29, 0.717) is 16.9 Å². The van der Waals surface area contributed by atoms with Crippen LogP contribution >= 0.6 is 0 Å². The number of para-hydroxylation sites is 2. The Morgan fingerprint density at radius 2 is 1.87 bits per heavy atom. The molecule has 2 aromatic heterocycles. The molecule has 30 heavy (non-hydrogen) atoms. The van der Waals surface area contributed by atoms with Gasteiger partial charge in [0.1, 0.15) is 12.4 Å². The van der Waals surface area contributed by atoms with E-state index in [9.17, 15) is 13.6 Å². The normalized spacial score (nSPS) is 12.4. The van der Waals surface area contributed by atoms with E-state index in [1.807, 2.05) is 31.2 Å². The molecule has 0 radical (unpaired) electrons. The lowest BCUT2D eigenvalue weighted by molar-refractivity contribution is -0.122. The summed E-state index contributed by atoms with van der Waals surface area (Å²) < 4.78 is 28.0. The van der Waals surface area contributed by atoms with Gasteiger partial charge in [0.15, 0.2) is 0 Å². The van der Waals surface area contributed by atoms with E-state index in [2.05, 4.69) is 25.7 Å². The lowest BCUT2D eigenvalue weighted by atomic mass is 10.1. The third-order valence-corrected chi connectivity index (χ3v) is 4.63. The molecule has 0 bridgehead atoms. The predicted molar refractivity (Wildman–Crippen MR) is 106 cm³/mol. The Balaban J connectivity index is 1.48. The van der Waals surface area contributed by atoms with Crippen LogP contribution in [0.1, 0.15) is 30.9 Å². The largest absolute Gasteiger partial charge is 0.345 e. The molecule has 8 nitrogen and oxygen atoms in total. The van der Waals surface area contributed by atoms with Crippen molar-refractivity contribution in [1.29, 1.82) is 0 Å². The van der Waals surface area contributed by atoms with Crippen LogP contribution in [0.2, 0.25) is 0 Å². The average Bonchev–Trinajstić information content (AvgIpc) is 3.33. The number of hydrogen-bond donors (Lipinski definition) is 1. The third kappa shape index (κ3) is 3.88. The van der Waals surface area contributed by atoms with Crippen LogP contribution in [-0.4, -0.2) is 35.7 Å². The first-order valence-corrected chi connectivity index (χ1v) is 9.31. The molecule has 1 amide bonds. The Hall–Kier alpha value is -3.69. The monoisotopic (exact) mass is 411 g/mol. The highest BCUT2D eigenvalue weighted by atomic mass is 19.3. The molecule has 2 aromatic carbocycles. The van der Waals surface area contributed by atoms with Crippen LogP contribution < -0.4 is 5.32 Å². The number of fused-ring (bicyclic) bond motifs is 1. The maximum atomic E-state index is 13.6. The number of benzene rings is 2. The second kappa shape index (κ2) is 7.97. The second-order valence-corrected chi connectivity index (χ2v) is 6.91. The fourth-order valence-electron chi connectivity index (χ4n) is 3.18. The molecule has 1 N–H and O–H groups in total. The van der Waals surface area contributed by atoms with Gasteiger partial charge in [0.2, 0.25) is 11.7 Å². The van der Waals surface area contributed by atoms with Gasteiger partial charge in [0, 0.05) is 5.56 Å². The number of carbonyl (C=O) groups is 1. The fourth-order valence-corrected chi connectivity index (χ4v) is 3.18. The zero-order valence-electron chi connectivity index (χ0n) is 16.3. The van der Waals surface area contributed by atoms with Gasteiger partial charge in [-0.2, -0.15) is 13.6 Å². The van der Waals surface area contributed by atoms with Crippen LogP contribution in [0.4, 0.5) is 8.78 Å². The average molecular weight is 411 g/mol. The quantitative estimate of drug-likeness (QED) is 0.526. The summed E-state index contributed by atoms with van der Waals surface area (Å²) in [5, 5.41) is 14.7. The molecule has 0 spiro atoms. The van der Waals surface area contributed by atoms with Gasteiger partial charge in [-0.15, -0.1) is 10.2 Å². The van der Waals surface area contributed by atoms with E-state index in [1.165, 1.54) is 0 Å². The molecule has 0 aliphatic heterocycles. The molecule has 0 saturated carbocycles. The Kier molecular flexibility index (Phi) is 5.21. The van der Waals surface area contributed by atoms with Crippen molar-refractivity contribution < 1.29 is 13.6 Å². The summed E-state index contributed by atoms with van der Waals surface area (Å²) in [5.41, 5.74) is 2.64. The van der Waals surface area contributed by atoms with E-state index in [4.69, 9.17) is 0 Å². The van der Waals surface area contributed by atoms with Gasteiger partial charge in [-0.25, -0.2) is 4.98 Å². The summed E-state index contributed by atoms with van der Waals surface area (Å²) in [4.78, 5) is 17.8. The van der Waals surface area contributed by atoms with Crippen LogP contribution in [0.3, 0.4) is 0 Å². The lowest BCUT2D eigenvalue weighted by Gasteiger charge is -2.15. The summed E-state index contributed by atoms with van der Waals surface area (Å²) in [7, 11) is 0. The molecule has 0 saturated heterocycles. The number of carbonyl (C=O) groups excluding carboxylic acids is 1. The minimum absolute atomic E-state index is 0.0754. The maximum absolute atomic E-state index is 13.6. The number of aryl methyl sites for hydroxylation is 1. The molecule has 0 fully saturated rings. The fraction of sp³-hybridized carbons (Fsp3) is 0.250. The number of amides is 1. The number of alkyl halides is 2. The van der Waals surface area contributed by atoms with Crippen molar-refractivity contribution in [2.45, 2.75) is 33.0 Å². The molecule has 0 unspecified atom stereocenters. The van der Waals surface area contributed by atoms with Gasteiger partial charge in [0.25, 0.3) is 0 Å². The SMILES string of the molecule is Cc1ccc(-c2nnn(CC(=O)N[C@H](C)c3nc4ccccc4n3C(F)F)n2)cc1. The van der Waals surface area contributed by atoms with Crippen molar-refractivity contribution in [2.24, 2.45) is 0 Å². The Labute approximate surface area is 170 Å². The number of nitrogens with one attached hydrogen (secondary N) is 1. The van der Waals surface area contributed by atoms with Gasteiger partial charge < -0.3 is 5.32 Å². The lowest BCUT2D eigenvalue weighted by Crippen LogP contribution is -2.32. The number of imidazole rings is 1. The molecule has 0 aliphatic rings. The minimum Gasteiger partial charge on any atom is -0.345 e. The van der Waals surface area contributed by atoms with E-state index in [1.54, 1.807) is 31.2 Å². The van der Waals surface area contributed by atoms with Crippen molar-refractivity contribution in [3.05, 3.63) is 59.9 Å². The Morgan fingerprint density at radius 1 is 1.13 bits per heavy atom. The number of rotatable bonds is 6. The van der Waals surface area contributed by atoms with Crippen LogP contribution in [0.25, 0.3) is 22.4 Å². The Morgan fingerprint density at radius 3 is 2.60 bits per heavy atom. The number of tetrazole rings is 1. The van der Waals surface area contributed by atoms with Crippen molar-refractivity contribution in [3.8, 4) is 11.4 Å².